The lowest BCUT2D eigenvalue weighted by molar-refractivity contribution is 0.110. The van der Waals surface area contributed by atoms with Crippen LogP contribution in [-0.2, 0) is 0 Å². The third-order valence-electron chi connectivity index (χ3n) is 2.69. The summed E-state index contributed by atoms with van der Waals surface area (Å²) in [7, 11) is 0. The number of hydrogen-bond donors (Lipinski definition) is 0. The van der Waals surface area contributed by atoms with Gasteiger partial charge >= 0.3 is 0 Å². The van der Waals surface area contributed by atoms with E-state index in [1.165, 1.54) is 11.8 Å². The third kappa shape index (κ3) is 3.22. The Morgan fingerprint density at radius 3 is 2.57 bits per heavy atom. The highest BCUT2D eigenvalue weighted by atomic mass is 79.9. The first-order valence-electron chi connectivity index (χ1n) is 6.06. The Hall–Kier alpha value is -1.92. The average Bonchev–Trinajstić information content (AvgIpc) is 2.99. The fourth-order valence-corrected chi connectivity index (χ4v) is 2.81. The molecule has 21 heavy (non-hydrogen) atoms. The van der Waals surface area contributed by atoms with Gasteiger partial charge in [0.15, 0.2) is 17.2 Å². The summed E-state index contributed by atoms with van der Waals surface area (Å²) in [6, 6.07) is 11.2. The Morgan fingerprint density at radius 1 is 1.10 bits per heavy atom. The second kappa shape index (κ2) is 6.24. The van der Waals surface area contributed by atoms with Gasteiger partial charge in [-0.1, -0.05) is 18.2 Å². The summed E-state index contributed by atoms with van der Waals surface area (Å²) in [4.78, 5) is 20.2. The molecule has 0 spiro atoms. The Morgan fingerprint density at radius 2 is 1.86 bits per heavy atom. The molecule has 1 aromatic carbocycles. The lowest BCUT2D eigenvalue weighted by Crippen LogP contribution is -1.86. The van der Waals surface area contributed by atoms with Crippen molar-refractivity contribution in [3.8, 4) is 11.3 Å². The minimum Gasteiger partial charge on any atom is -0.453 e. The normalized spacial score (nSPS) is 10.5. The van der Waals surface area contributed by atoms with Crippen LogP contribution >= 0.6 is 27.7 Å². The average molecular weight is 361 g/mol. The van der Waals surface area contributed by atoms with E-state index in [1.54, 1.807) is 24.5 Å². The number of aldehydes is 1. The Labute approximate surface area is 133 Å². The zero-order valence-electron chi connectivity index (χ0n) is 10.7. The molecule has 0 aliphatic carbocycles. The van der Waals surface area contributed by atoms with Gasteiger partial charge in [-0.25, -0.2) is 9.97 Å². The molecule has 0 amide bonds. The molecule has 0 fully saturated rings. The molecule has 0 saturated carbocycles. The number of carbonyl (C=O) groups is 1. The SMILES string of the molecule is O=Cc1ccc(-c2ccccc2Sc2ncc(Br)cn2)o1. The van der Waals surface area contributed by atoms with Crippen LogP contribution in [0.1, 0.15) is 10.6 Å². The van der Waals surface area contributed by atoms with E-state index in [0.717, 1.165) is 14.9 Å². The van der Waals surface area contributed by atoms with Crippen molar-refractivity contribution in [1.29, 1.82) is 0 Å². The largest absolute Gasteiger partial charge is 0.453 e. The first-order valence-corrected chi connectivity index (χ1v) is 7.67. The van der Waals surface area contributed by atoms with Crippen LogP contribution in [0.4, 0.5) is 0 Å². The van der Waals surface area contributed by atoms with Crippen LogP contribution in [0.2, 0.25) is 0 Å². The number of nitrogens with zero attached hydrogens (tertiary/aromatic N) is 2. The Kier molecular flexibility index (Phi) is 4.17. The van der Waals surface area contributed by atoms with Gasteiger partial charge in [-0.2, -0.15) is 0 Å². The van der Waals surface area contributed by atoms with Gasteiger partial charge in [-0.15, -0.1) is 0 Å². The summed E-state index contributed by atoms with van der Waals surface area (Å²) in [6.07, 6.45) is 4.10. The second-order valence-corrected chi connectivity index (χ2v) is 6.03. The molecule has 0 bridgehead atoms. The molecule has 2 heterocycles. The predicted molar refractivity (Wildman–Crippen MR) is 83.4 cm³/mol. The monoisotopic (exact) mass is 360 g/mol. The van der Waals surface area contributed by atoms with Crippen molar-refractivity contribution in [1.82, 2.24) is 9.97 Å². The predicted octanol–water partition coefficient (Wildman–Crippen LogP) is 4.46. The summed E-state index contributed by atoms with van der Waals surface area (Å²) >= 11 is 4.75. The summed E-state index contributed by atoms with van der Waals surface area (Å²) in [5, 5.41) is 0.646. The first kappa shape index (κ1) is 14.0. The molecular weight excluding hydrogens is 352 g/mol. The highest BCUT2D eigenvalue weighted by Crippen LogP contribution is 2.35. The van der Waals surface area contributed by atoms with Crippen molar-refractivity contribution in [2.45, 2.75) is 10.1 Å². The molecule has 2 aromatic heterocycles. The van der Waals surface area contributed by atoms with Crippen LogP contribution in [0.25, 0.3) is 11.3 Å². The van der Waals surface area contributed by atoms with Crippen LogP contribution in [0, 0.1) is 0 Å². The molecule has 104 valence electrons. The van der Waals surface area contributed by atoms with E-state index in [0.29, 0.717) is 23.0 Å². The maximum atomic E-state index is 10.7. The van der Waals surface area contributed by atoms with E-state index < -0.39 is 0 Å². The van der Waals surface area contributed by atoms with Crippen LogP contribution in [0.15, 0.2) is 67.7 Å². The maximum Gasteiger partial charge on any atom is 0.192 e. The standard InChI is InChI=1S/C15H9BrN2O2S/c16-10-7-17-15(18-8-10)21-14-4-2-1-3-12(14)13-6-5-11(9-19)20-13/h1-9H. The number of benzene rings is 1. The Balaban J connectivity index is 1.95. The van der Waals surface area contributed by atoms with Crippen molar-refractivity contribution in [3.63, 3.8) is 0 Å². The molecule has 0 saturated heterocycles. The molecule has 0 aliphatic rings. The smallest absolute Gasteiger partial charge is 0.192 e. The van der Waals surface area contributed by atoms with Crippen LogP contribution in [-0.4, -0.2) is 16.3 Å². The summed E-state index contributed by atoms with van der Waals surface area (Å²) in [5.41, 5.74) is 0.905. The van der Waals surface area contributed by atoms with E-state index in [-0.39, 0.29) is 0 Å². The van der Waals surface area contributed by atoms with E-state index in [1.807, 2.05) is 24.3 Å². The number of rotatable bonds is 4. The minimum absolute atomic E-state index is 0.310. The molecule has 3 aromatic rings. The van der Waals surface area contributed by atoms with Gasteiger partial charge in [0, 0.05) is 22.9 Å². The summed E-state index contributed by atoms with van der Waals surface area (Å²) < 4.78 is 6.32. The number of carbonyl (C=O) groups excluding carboxylic acids is 1. The second-order valence-electron chi connectivity index (χ2n) is 4.10. The lowest BCUT2D eigenvalue weighted by Gasteiger charge is -2.05. The van der Waals surface area contributed by atoms with Gasteiger partial charge in [0.1, 0.15) is 5.76 Å². The van der Waals surface area contributed by atoms with Crippen molar-refractivity contribution in [3.05, 3.63) is 59.0 Å². The Bertz CT molecular complexity index is 771. The summed E-state index contributed by atoms with van der Waals surface area (Å²) in [5.74, 6) is 0.960. The topological polar surface area (TPSA) is 56.0 Å². The van der Waals surface area contributed by atoms with Crippen molar-refractivity contribution >= 4 is 34.0 Å². The minimum atomic E-state index is 0.310. The molecule has 0 aliphatic heterocycles. The number of furan rings is 1. The fraction of sp³-hybridized carbons (Fsp3) is 0. The van der Waals surface area contributed by atoms with Gasteiger partial charge in [0.05, 0.1) is 4.47 Å². The fourth-order valence-electron chi connectivity index (χ4n) is 1.77. The molecule has 0 atom stereocenters. The van der Waals surface area contributed by atoms with Crippen molar-refractivity contribution in [2.75, 3.05) is 0 Å². The number of hydrogen-bond acceptors (Lipinski definition) is 5. The molecular formula is C15H9BrN2O2S. The van der Waals surface area contributed by atoms with Crippen molar-refractivity contribution < 1.29 is 9.21 Å². The molecule has 0 radical (unpaired) electrons. The third-order valence-corrected chi connectivity index (χ3v) is 4.07. The van der Waals surface area contributed by atoms with E-state index in [9.17, 15) is 4.79 Å². The van der Waals surface area contributed by atoms with Gasteiger partial charge in [-0.3, -0.25) is 4.79 Å². The number of halogens is 1. The lowest BCUT2D eigenvalue weighted by atomic mass is 10.2. The highest BCUT2D eigenvalue weighted by molar-refractivity contribution is 9.10. The van der Waals surface area contributed by atoms with Crippen LogP contribution < -0.4 is 0 Å². The van der Waals surface area contributed by atoms with Crippen molar-refractivity contribution in [2.24, 2.45) is 0 Å². The van der Waals surface area contributed by atoms with Crippen LogP contribution in [0.3, 0.4) is 0 Å². The van der Waals surface area contributed by atoms with E-state index in [2.05, 4.69) is 25.9 Å². The van der Waals surface area contributed by atoms with Gasteiger partial charge in [0.2, 0.25) is 0 Å². The molecule has 3 rings (SSSR count). The quantitative estimate of drug-likeness (QED) is 0.507. The molecule has 4 nitrogen and oxygen atoms in total. The van der Waals surface area contributed by atoms with E-state index in [4.69, 9.17) is 4.42 Å². The van der Waals surface area contributed by atoms with Gasteiger partial charge in [0.25, 0.3) is 0 Å². The number of aromatic nitrogens is 2. The zero-order valence-corrected chi connectivity index (χ0v) is 13.1. The maximum absolute atomic E-state index is 10.7. The first-order chi connectivity index (χ1) is 10.3. The van der Waals surface area contributed by atoms with Gasteiger partial charge < -0.3 is 4.42 Å². The van der Waals surface area contributed by atoms with Crippen LogP contribution in [0.5, 0.6) is 0 Å². The summed E-state index contributed by atoms with van der Waals surface area (Å²) in [6.45, 7) is 0. The highest BCUT2D eigenvalue weighted by Gasteiger charge is 2.11. The zero-order chi connectivity index (χ0) is 14.7. The molecule has 6 heteroatoms. The van der Waals surface area contributed by atoms with Gasteiger partial charge in [-0.05, 0) is 45.9 Å². The molecule has 0 N–H and O–H groups in total. The molecule has 0 unspecified atom stereocenters. The van der Waals surface area contributed by atoms with E-state index >= 15 is 0 Å².